The lowest BCUT2D eigenvalue weighted by molar-refractivity contribution is -0.130. The summed E-state index contributed by atoms with van der Waals surface area (Å²) >= 11 is 3.56. The van der Waals surface area contributed by atoms with E-state index in [1.165, 1.54) is 11.6 Å². The van der Waals surface area contributed by atoms with Crippen molar-refractivity contribution in [3.63, 3.8) is 0 Å². The Bertz CT molecular complexity index is 1330. The molecule has 0 spiro atoms. The smallest absolute Gasteiger partial charge is 0.233 e. The van der Waals surface area contributed by atoms with Crippen LogP contribution in [0.1, 0.15) is 35.6 Å². The largest absolute Gasteiger partial charge is 0.489 e. The third-order valence-corrected chi connectivity index (χ3v) is 7.17. The fraction of sp³-hybridized carbons (Fsp3) is 0.194. The molecule has 4 aromatic carbocycles. The molecular weight excluding hydrogens is 517 g/mol. The highest BCUT2D eigenvalue weighted by Crippen LogP contribution is 2.49. The summed E-state index contributed by atoms with van der Waals surface area (Å²) in [4.78, 5) is 15.0. The number of amides is 1. The van der Waals surface area contributed by atoms with Crippen molar-refractivity contribution in [2.24, 2.45) is 5.92 Å². The molecule has 1 heterocycles. The first-order valence-electron chi connectivity index (χ1n) is 12.2. The van der Waals surface area contributed by atoms with Gasteiger partial charge in [-0.2, -0.15) is 0 Å². The topological polar surface area (TPSA) is 29.5 Å². The number of carbonyl (C=O) groups is 1. The summed E-state index contributed by atoms with van der Waals surface area (Å²) < 4.78 is 22.0. The minimum atomic E-state index is -0.401. The van der Waals surface area contributed by atoms with Crippen molar-refractivity contribution in [3.8, 4) is 5.75 Å². The number of ether oxygens (including phenoxy) is 1. The molecule has 1 aliphatic heterocycles. The third-order valence-electron chi connectivity index (χ3n) is 6.68. The van der Waals surface area contributed by atoms with Crippen molar-refractivity contribution in [3.05, 3.63) is 130 Å². The maximum absolute atomic E-state index is 14.8. The predicted molar refractivity (Wildman–Crippen MR) is 144 cm³/mol. The van der Waals surface area contributed by atoms with Crippen LogP contribution in [0.15, 0.2) is 108 Å². The van der Waals surface area contributed by atoms with Crippen LogP contribution >= 0.6 is 15.9 Å². The third kappa shape index (κ3) is 5.21. The fourth-order valence-electron chi connectivity index (χ4n) is 4.89. The van der Waals surface area contributed by atoms with Gasteiger partial charge in [-0.25, -0.2) is 4.39 Å². The first-order valence-corrected chi connectivity index (χ1v) is 13.0. The first-order chi connectivity index (χ1) is 17.6. The average molecular weight is 544 g/mol. The average Bonchev–Trinajstić information content (AvgIpc) is 2.91. The van der Waals surface area contributed by atoms with Gasteiger partial charge in [-0.05, 0) is 54.7 Å². The number of halogens is 2. The van der Waals surface area contributed by atoms with Crippen LogP contribution < -0.4 is 9.64 Å². The maximum Gasteiger partial charge on any atom is 0.233 e. The van der Waals surface area contributed by atoms with Gasteiger partial charge in [-0.15, -0.1) is 0 Å². The second-order valence-corrected chi connectivity index (χ2v) is 9.96. The Morgan fingerprint density at radius 3 is 2.22 bits per heavy atom. The molecule has 0 aromatic heterocycles. The van der Waals surface area contributed by atoms with E-state index < -0.39 is 5.82 Å². The summed E-state index contributed by atoms with van der Waals surface area (Å²) in [5, 5.41) is 0. The molecule has 2 atom stereocenters. The molecule has 36 heavy (non-hydrogen) atoms. The zero-order valence-corrected chi connectivity index (χ0v) is 21.4. The van der Waals surface area contributed by atoms with E-state index in [1.807, 2.05) is 66.7 Å². The number of aryl methyl sites for hydroxylation is 1. The fourth-order valence-corrected chi connectivity index (χ4v) is 5.23. The Labute approximate surface area is 219 Å². The molecule has 0 unspecified atom stereocenters. The van der Waals surface area contributed by atoms with Gasteiger partial charge in [-0.1, -0.05) is 94.8 Å². The van der Waals surface area contributed by atoms with Crippen LogP contribution in [0.3, 0.4) is 0 Å². The minimum Gasteiger partial charge on any atom is -0.489 e. The molecule has 0 bridgehead atoms. The van der Waals surface area contributed by atoms with Gasteiger partial charge in [0.1, 0.15) is 18.2 Å². The molecule has 1 aliphatic rings. The van der Waals surface area contributed by atoms with Gasteiger partial charge in [-0.3, -0.25) is 4.79 Å². The summed E-state index contributed by atoms with van der Waals surface area (Å²) in [5.41, 5.74) is 3.51. The lowest BCUT2D eigenvalue weighted by Crippen LogP contribution is -2.55. The van der Waals surface area contributed by atoms with Crippen molar-refractivity contribution in [1.82, 2.24) is 0 Å². The van der Waals surface area contributed by atoms with Gasteiger partial charge in [0.05, 0.1) is 17.6 Å². The summed E-state index contributed by atoms with van der Waals surface area (Å²) in [7, 11) is 0. The van der Waals surface area contributed by atoms with E-state index in [9.17, 15) is 9.18 Å². The molecule has 1 fully saturated rings. The summed E-state index contributed by atoms with van der Waals surface area (Å²) in [6.07, 6.45) is 2.49. The molecule has 0 aliphatic carbocycles. The molecule has 182 valence electrons. The molecular formula is C31H27BrFNO2. The Hall–Kier alpha value is -3.44. The second kappa shape index (κ2) is 11.1. The Morgan fingerprint density at radius 1 is 0.833 bits per heavy atom. The first kappa shape index (κ1) is 24.3. The number of para-hydroxylation sites is 1. The normalized spacial score (nSPS) is 17.1. The van der Waals surface area contributed by atoms with Gasteiger partial charge in [0, 0.05) is 10.0 Å². The highest BCUT2D eigenvalue weighted by atomic mass is 79.9. The minimum absolute atomic E-state index is 0.0462. The van der Waals surface area contributed by atoms with Crippen molar-refractivity contribution in [2.45, 2.75) is 31.9 Å². The van der Waals surface area contributed by atoms with E-state index in [0.29, 0.717) is 18.0 Å². The Balaban J connectivity index is 1.44. The van der Waals surface area contributed by atoms with E-state index in [1.54, 1.807) is 23.1 Å². The van der Waals surface area contributed by atoms with E-state index in [2.05, 4.69) is 28.1 Å². The number of anilines is 1. The van der Waals surface area contributed by atoms with E-state index in [-0.39, 0.29) is 17.9 Å². The van der Waals surface area contributed by atoms with E-state index in [4.69, 9.17) is 4.74 Å². The number of benzene rings is 4. The Kier molecular flexibility index (Phi) is 7.47. The molecule has 0 radical (unpaired) electrons. The molecule has 4 aromatic rings. The molecule has 0 saturated carbocycles. The summed E-state index contributed by atoms with van der Waals surface area (Å²) in [5.74, 6) is 0.00577. The monoisotopic (exact) mass is 543 g/mol. The second-order valence-electron chi connectivity index (χ2n) is 9.05. The summed E-state index contributed by atoms with van der Waals surface area (Å²) in [6.45, 7) is 0.406. The lowest BCUT2D eigenvalue weighted by Gasteiger charge is -2.48. The molecule has 3 nitrogen and oxygen atoms in total. The highest BCUT2D eigenvalue weighted by molar-refractivity contribution is 9.10. The Morgan fingerprint density at radius 2 is 1.50 bits per heavy atom. The molecule has 5 rings (SSSR count). The number of rotatable bonds is 9. The molecule has 0 N–H and O–H groups in total. The number of hydrogen-bond donors (Lipinski definition) is 0. The van der Waals surface area contributed by atoms with Gasteiger partial charge in [0.25, 0.3) is 0 Å². The van der Waals surface area contributed by atoms with Gasteiger partial charge >= 0.3 is 0 Å². The lowest BCUT2D eigenvalue weighted by atomic mass is 9.78. The van der Waals surface area contributed by atoms with Gasteiger partial charge < -0.3 is 9.64 Å². The van der Waals surface area contributed by atoms with Crippen LogP contribution in [-0.4, -0.2) is 5.91 Å². The quantitative estimate of drug-likeness (QED) is 0.201. The zero-order chi connectivity index (χ0) is 24.9. The van der Waals surface area contributed by atoms with E-state index >= 15 is 0 Å². The number of hydrogen-bond acceptors (Lipinski definition) is 2. The number of β-lactam (4-membered cyclic amide) rings is 1. The van der Waals surface area contributed by atoms with Crippen molar-refractivity contribution >= 4 is 27.5 Å². The van der Waals surface area contributed by atoms with Crippen LogP contribution in [0.25, 0.3) is 0 Å². The molecule has 1 amide bonds. The maximum atomic E-state index is 14.8. The van der Waals surface area contributed by atoms with Crippen LogP contribution in [0.5, 0.6) is 5.75 Å². The van der Waals surface area contributed by atoms with Crippen LogP contribution in [0.4, 0.5) is 10.1 Å². The van der Waals surface area contributed by atoms with Crippen molar-refractivity contribution in [2.75, 3.05) is 4.90 Å². The van der Waals surface area contributed by atoms with Crippen molar-refractivity contribution < 1.29 is 13.9 Å². The standard InChI is InChI=1S/C31H27BrFNO2/c32-24-18-19-25(29(20-24)36-21-23-12-5-2-6-13-23)30-26(15-9-14-22-10-3-1-4-11-22)31(35)34(30)28-17-8-7-16-27(28)33/h1-8,10-13,16-20,26,30H,9,14-15,21H2/t26-,30-/m0/s1. The van der Waals surface area contributed by atoms with E-state index in [0.717, 1.165) is 34.9 Å². The van der Waals surface area contributed by atoms with Crippen LogP contribution in [-0.2, 0) is 17.8 Å². The van der Waals surface area contributed by atoms with Crippen LogP contribution in [0.2, 0.25) is 0 Å². The van der Waals surface area contributed by atoms with Gasteiger partial charge in [0.2, 0.25) is 5.91 Å². The summed E-state index contributed by atoms with van der Waals surface area (Å²) in [6, 6.07) is 32.3. The molecule has 1 saturated heterocycles. The highest BCUT2D eigenvalue weighted by Gasteiger charge is 2.50. The number of nitrogens with zero attached hydrogens (tertiary/aromatic N) is 1. The zero-order valence-electron chi connectivity index (χ0n) is 19.8. The predicted octanol–water partition coefficient (Wildman–Crippen LogP) is 7.89. The number of carbonyl (C=O) groups excluding carboxylic acids is 1. The van der Waals surface area contributed by atoms with Gasteiger partial charge in [0.15, 0.2) is 0 Å². The van der Waals surface area contributed by atoms with Crippen molar-refractivity contribution in [1.29, 1.82) is 0 Å². The van der Waals surface area contributed by atoms with Crippen LogP contribution in [0, 0.1) is 11.7 Å². The SMILES string of the molecule is O=C1[C@@H](CCCc2ccccc2)[C@H](c2ccc(Br)cc2OCc2ccccc2)N1c1ccccc1F. The molecule has 5 heteroatoms.